The Morgan fingerprint density at radius 2 is 1.56 bits per heavy atom. The van der Waals surface area contributed by atoms with Crippen LogP contribution in [0, 0.1) is 31.6 Å². The van der Waals surface area contributed by atoms with Crippen LogP contribution in [-0.2, 0) is 31.8 Å². The van der Waals surface area contributed by atoms with E-state index in [0.717, 1.165) is 13.0 Å². The number of hydrogen-bond donors (Lipinski definition) is 4. The number of carbonyl (C=O) groups is 3. The quantitative estimate of drug-likeness (QED) is 0.163. The van der Waals surface area contributed by atoms with Crippen LogP contribution in [0.5, 0.6) is 17.2 Å². The van der Waals surface area contributed by atoms with Crippen molar-refractivity contribution in [3.05, 3.63) is 51.6 Å². The number of hydrogen-bond acceptors (Lipinski definition) is 11. The highest BCUT2D eigenvalue weighted by Crippen LogP contribution is 2.47. The van der Waals surface area contributed by atoms with E-state index in [4.69, 9.17) is 29.2 Å². The largest absolute Gasteiger partial charge is 0.507 e. The second kappa shape index (κ2) is 20.9. The van der Waals surface area contributed by atoms with E-state index in [1.807, 2.05) is 6.92 Å². The van der Waals surface area contributed by atoms with Crippen LogP contribution in [0.4, 0.5) is 0 Å². The lowest BCUT2D eigenvalue weighted by molar-refractivity contribution is -0.198. The predicted molar refractivity (Wildman–Crippen MR) is 180 cm³/mol. The normalized spacial score (nSPS) is 20.1. The van der Waals surface area contributed by atoms with E-state index >= 15 is 0 Å². The molecule has 5 rings (SSSR count). The number of terminal acetylenes is 2. The Labute approximate surface area is 283 Å². The lowest BCUT2D eigenvalue weighted by Gasteiger charge is -2.30. The molecule has 1 fully saturated rings. The first-order chi connectivity index (χ1) is 23.1. The fourth-order valence-corrected chi connectivity index (χ4v) is 5.75. The third-order valence-electron chi connectivity index (χ3n) is 8.23. The van der Waals surface area contributed by atoms with Crippen LogP contribution >= 0.6 is 0 Å². The molecule has 0 spiro atoms. The number of carbonyl (C=O) groups excluding carboxylic acids is 3. The van der Waals surface area contributed by atoms with Crippen LogP contribution in [0.15, 0.2) is 18.2 Å². The molecular formula is C37H48O11. The number of aliphatic hydroxyl groups excluding tert-OH is 2. The van der Waals surface area contributed by atoms with Crippen LogP contribution in [0.1, 0.15) is 88.9 Å². The number of fused-ring (bicyclic) bond motifs is 3. The second-order valence-corrected chi connectivity index (χ2v) is 11.0. The smallest absolute Gasteiger partial charge is 0.202 e. The number of Topliss-reactive ketones (excluding diaryl/α,β-unsaturated/α-hetero) is 1. The summed E-state index contributed by atoms with van der Waals surface area (Å²) in [5, 5.41) is 39.8. The van der Waals surface area contributed by atoms with E-state index in [1.54, 1.807) is 26.4 Å². The van der Waals surface area contributed by atoms with Crippen molar-refractivity contribution in [1.82, 2.24) is 0 Å². The molecule has 1 saturated heterocycles. The first-order valence-corrected chi connectivity index (χ1v) is 15.6. The van der Waals surface area contributed by atoms with Gasteiger partial charge in [0.05, 0.1) is 36.0 Å². The Morgan fingerprint density at radius 3 is 2.08 bits per heavy atom. The van der Waals surface area contributed by atoms with E-state index in [0.29, 0.717) is 18.4 Å². The van der Waals surface area contributed by atoms with Gasteiger partial charge in [-0.05, 0) is 45.1 Å². The maximum absolute atomic E-state index is 13.1. The van der Waals surface area contributed by atoms with Crippen molar-refractivity contribution < 1.29 is 53.8 Å². The van der Waals surface area contributed by atoms with Gasteiger partial charge in [0.25, 0.3) is 0 Å². The topological polar surface area (TPSA) is 169 Å². The van der Waals surface area contributed by atoms with Crippen molar-refractivity contribution >= 4 is 17.3 Å². The highest BCUT2D eigenvalue weighted by atomic mass is 16.6. The number of ketones is 3. The minimum Gasteiger partial charge on any atom is -0.507 e. The molecule has 4 atom stereocenters. The number of methoxy groups -OCH3 is 3. The van der Waals surface area contributed by atoms with Gasteiger partial charge in [-0.1, -0.05) is 25.5 Å². The number of rotatable bonds is 7. The number of aliphatic hydroxyl groups is 2. The fraction of sp³-hybridized carbons (Fsp3) is 0.486. The minimum atomic E-state index is -0.609. The molecular weight excluding hydrogens is 620 g/mol. The summed E-state index contributed by atoms with van der Waals surface area (Å²) in [6, 6.07) is 4.59. The number of phenols is 2. The second-order valence-electron chi connectivity index (χ2n) is 11.0. The summed E-state index contributed by atoms with van der Waals surface area (Å²) >= 11 is 0. The van der Waals surface area contributed by atoms with E-state index < -0.39 is 30.4 Å². The molecule has 1 heterocycles. The van der Waals surface area contributed by atoms with Gasteiger partial charge < -0.3 is 39.4 Å². The van der Waals surface area contributed by atoms with Crippen LogP contribution in [-0.4, -0.2) is 90.8 Å². The number of phenolic OH excluding ortho intramolecular Hbond substituents is 2. The lowest BCUT2D eigenvalue weighted by atomic mass is 9.75. The zero-order chi connectivity index (χ0) is 36.6. The van der Waals surface area contributed by atoms with Gasteiger partial charge in [-0.15, -0.1) is 25.7 Å². The van der Waals surface area contributed by atoms with E-state index in [9.17, 15) is 24.6 Å². The SMILES string of the molecule is C#C.C#C.CCCCOC.CO[C@H]1CCC(O)O[C@H]1C.COc1cccc2c1C(=O)c1c(O)c3c(c(O)c1C2=O)C[C@@H](C(=O)CO)CC3. The molecule has 1 aliphatic heterocycles. The van der Waals surface area contributed by atoms with Gasteiger partial charge in [-0.3, -0.25) is 14.4 Å². The predicted octanol–water partition coefficient (Wildman–Crippen LogP) is 4.00. The maximum atomic E-state index is 13.1. The Kier molecular flexibility index (Phi) is 18.2. The summed E-state index contributed by atoms with van der Waals surface area (Å²) in [6.07, 6.45) is 20.3. The van der Waals surface area contributed by atoms with Gasteiger partial charge in [0.15, 0.2) is 17.9 Å². The fourth-order valence-electron chi connectivity index (χ4n) is 5.75. The first-order valence-electron chi connectivity index (χ1n) is 15.6. The van der Waals surface area contributed by atoms with Crippen LogP contribution < -0.4 is 4.74 Å². The number of ether oxygens (including phenoxy) is 4. The zero-order valence-electron chi connectivity index (χ0n) is 28.4. The average Bonchev–Trinajstić information content (AvgIpc) is 3.12. The summed E-state index contributed by atoms with van der Waals surface area (Å²) in [6.45, 7) is 4.37. The molecule has 1 unspecified atom stereocenters. The molecule has 0 saturated carbocycles. The first kappa shape index (κ1) is 41.8. The Hall–Kier alpha value is -4.23. The summed E-state index contributed by atoms with van der Waals surface area (Å²) in [5.41, 5.74) is 0.301. The van der Waals surface area contributed by atoms with Crippen molar-refractivity contribution in [2.45, 2.75) is 77.3 Å². The average molecular weight is 669 g/mol. The Balaban J connectivity index is 0.000000474. The standard InChI is InChI=1S/C21H18O7.C7H14O3.C5H12O.2C2H2/c1-28-14-4-2-3-11-15(14)21(27)17-16(19(11)25)20(26)12-7-9(13(23)8-22)5-6-10(12)18(17)24;1-5-6(9-2)3-4-7(8)10-5;1-3-4-5-6-2;2*1-2/h2-4,9,22,24,26H,5-8H2,1H3;5-8H,3-4H2,1-2H3;3-5H2,1-2H3;2*1-2H/t9-;5-,6-,7?;;;/m00.../s1. The van der Waals surface area contributed by atoms with Gasteiger partial charge in [-0.2, -0.15) is 0 Å². The highest BCUT2D eigenvalue weighted by molar-refractivity contribution is 6.31. The molecule has 2 aromatic carbocycles. The van der Waals surface area contributed by atoms with Crippen molar-refractivity contribution in [3.63, 3.8) is 0 Å². The summed E-state index contributed by atoms with van der Waals surface area (Å²) in [7, 11) is 4.78. The number of aromatic hydroxyl groups is 2. The van der Waals surface area contributed by atoms with Crippen LogP contribution in [0.25, 0.3) is 0 Å². The van der Waals surface area contributed by atoms with Gasteiger partial charge in [0.2, 0.25) is 5.78 Å². The van der Waals surface area contributed by atoms with Crippen molar-refractivity contribution in [1.29, 1.82) is 0 Å². The van der Waals surface area contributed by atoms with E-state index in [1.165, 1.54) is 26.0 Å². The molecule has 0 bridgehead atoms. The van der Waals surface area contributed by atoms with Crippen molar-refractivity contribution in [3.8, 4) is 42.9 Å². The van der Waals surface area contributed by atoms with Crippen LogP contribution in [0.2, 0.25) is 0 Å². The van der Waals surface area contributed by atoms with E-state index in [2.05, 4.69) is 32.6 Å². The Bertz CT molecular complexity index is 1420. The summed E-state index contributed by atoms with van der Waals surface area (Å²) < 4.78 is 20.2. The summed E-state index contributed by atoms with van der Waals surface area (Å²) in [5.74, 6) is -2.56. The third-order valence-corrected chi connectivity index (χ3v) is 8.23. The number of benzene rings is 2. The molecule has 11 heteroatoms. The molecule has 2 aliphatic carbocycles. The molecule has 3 aliphatic rings. The van der Waals surface area contributed by atoms with Gasteiger partial charge in [-0.25, -0.2) is 0 Å². The zero-order valence-corrected chi connectivity index (χ0v) is 28.4. The molecule has 0 radical (unpaired) electrons. The van der Waals surface area contributed by atoms with Gasteiger partial charge in [0.1, 0.15) is 23.9 Å². The third kappa shape index (κ3) is 9.66. The van der Waals surface area contributed by atoms with Crippen molar-refractivity contribution in [2.24, 2.45) is 5.92 Å². The lowest BCUT2D eigenvalue weighted by Crippen LogP contribution is -2.37. The molecule has 262 valence electrons. The molecule has 4 N–H and O–H groups in total. The van der Waals surface area contributed by atoms with Gasteiger partial charge in [0, 0.05) is 49.9 Å². The van der Waals surface area contributed by atoms with Gasteiger partial charge >= 0.3 is 0 Å². The number of unbranched alkanes of at least 4 members (excludes halogenated alkanes) is 1. The summed E-state index contributed by atoms with van der Waals surface area (Å²) in [4.78, 5) is 38.1. The molecule has 48 heavy (non-hydrogen) atoms. The van der Waals surface area contributed by atoms with Crippen molar-refractivity contribution in [2.75, 3.05) is 34.5 Å². The molecule has 0 amide bonds. The minimum absolute atomic E-state index is 0.0220. The van der Waals surface area contributed by atoms with E-state index in [-0.39, 0.29) is 75.9 Å². The maximum Gasteiger partial charge on any atom is 0.202 e. The molecule has 2 aromatic rings. The highest BCUT2D eigenvalue weighted by Gasteiger charge is 2.41. The van der Waals surface area contributed by atoms with Crippen LogP contribution in [0.3, 0.4) is 0 Å². The monoisotopic (exact) mass is 668 g/mol. The molecule has 11 nitrogen and oxygen atoms in total. The molecule has 0 aromatic heterocycles. The Morgan fingerprint density at radius 1 is 0.938 bits per heavy atom.